The Labute approximate surface area is 137 Å². The zero-order valence-corrected chi connectivity index (χ0v) is 14.1. The van der Waals surface area contributed by atoms with Crippen molar-refractivity contribution in [2.45, 2.75) is 13.5 Å². The number of carbonyl (C=O) groups is 2. The second kappa shape index (κ2) is 7.97. The molecule has 0 unspecified atom stereocenters. The zero-order chi connectivity index (χ0) is 16.8. The maximum Gasteiger partial charge on any atom is 0.242 e. The Morgan fingerprint density at radius 2 is 1.74 bits per heavy atom. The molecule has 1 saturated heterocycles. The lowest BCUT2D eigenvalue weighted by molar-refractivity contribution is -0.140. The van der Waals surface area contributed by atoms with E-state index in [1.165, 1.54) is 6.92 Å². The molecule has 0 radical (unpaired) electrons. The van der Waals surface area contributed by atoms with Crippen LogP contribution < -0.4 is 4.74 Å². The van der Waals surface area contributed by atoms with E-state index in [2.05, 4.69) is 4.90 Å². The van der Waals surface area contributed by atoms with Crippen LogP contribution >= 0.6 is 0 Å². The zero-order valence-electron chi connectivity index (χ0n) is 14.1. The number of likely N-dealkylation sites (N-methyl/N-ethyl adjacent to an activating group) is 1. The second-order valence-electron chi connectivity index (χ2n) is 5.91. The van der Waals surface area contributed by atoms with E-state index in [1.807, 2.05) is 36.2 Å². The highest BCUT2D eigenvalue weighted by molar-refractivity contribution is 5.83. The van der Waals surface area contributed by atoms with Crippen molar-refractivity contribution in [3.8, 4) is 5.75 Å². The summed E-state index contributed by atoms with van der Waals surface area (Å²) < 4.78 is 5.13. The Kier molecular flexibility index (Phi) is 5.98. The standard InChI is InChI=1S/C17H25N3O3/c1-14(21)20(12-15-4-6-16(23-3)7-5-15)13-17(22)19-10-8-18(2)9-11-19/h4-7H,8-13H2,1-3H3. The third-order valence-corrected chi connectivity index (χ3v) is 4.16. The number of ether oxygens (including phenoxy) is 1. The Morgan fingerprint density at radius 3 is 2.26 bits per heavy atom. The summed E-state index contributed by atoms with van der Waals surface area (Å²) in [6.07, 6.45) is 0. The summed E-state index contributed by atoms with van der Waals surface area (Å²) in [4.78, 5) is 29.9. The molecule has 1 aliphatic rings. The van der Waals surface area contributed by atoms with Gasteiger partial charge in [0.25, 0.3) is 0 Å². The minimum atomic E-state index is -0.0942. The van der Waals surface area contributed by atoms with Crippen LogP contribution in [0.5, 0.6) is 5.75 Å². The van der Waals surface area contributed by atoms with Gasteiger partial charge in [-0.15, -0.1) is 0 Å². The molecule has 6 heteroatoms. The molecule has 0 atom stereocenters. The fourth-order valence-corrected chi connectivity index (χ4v) is 2.55. The van der Waals surface area contributed by atoms with Gasteiger partial charge in [-0.1, -0.05) is 12.1 Å². The Morgan fingerprint density at radius 1 is 1.13 bits per heavy atom. The number of nitrogens with zero attached hydrogens (tertiary/aromatic N) is 3. The van der Waals surface area contributed by atoms with Crippen LogP contribution in [0.25, 0.3) is 0 Å². The topological polar surface area (TPSA) is 53.1 Å². The molecule has 1 aromatic rings. The number of methoxy groups -OCH3 is 1. The SMILES string of the molecule is COc1ccc(CN(CC(=O)N2CCN(C)CC2)C(C)=O)cc1. The van der Waals surface area contributed by atoms with Gasteiger partial charge in [-0.05, 0) is 24.7 Å². The molecule has 0 N–H and O–H groups in total. The molecular weight excluding hydrogens is 294 g/mol. The van der Waals surface area contributed by atoms with Crippen molar-refractivity contribution in [3.63, 3.8) is 0 Å². The summed E-state index contributed by atoms with van der Waals surface area (Å²) in [6.45, 7) is 5.27. The Hall–Kier alpha value is -2.08. The van der Waals surface area contributed by atoms with E-state index in [0.29, 0.717) is 6.54 Å². The highest BCUT2D eigenvalue weighted by atomic mass is 16.5. The van der Waals surface area contributed by atoms with Gasteiger partial charge in [0.05, 0.1) is 7.11 Å². The van der Waals surface area contributed by atoms with E-state index in [0.717, 1.165) is 37.5 Å². The Bertz CT molecular complexity index is 537. The second-order valence-corrected chi connectivity index (χ2v) is 5.91. The predicted molar refractivity (Wildman–Crippen MR) is 88.2 cm³/mol. The molecule has 23 heavy (non-hydrogen) atoms. The van der Waals surface area contributed by atoms with Crippen LogP contribution in [0.15, 0.2) is 24.3 Å². The van der Waals surface area contributed by atoms with Crippen molar-refractivity contribution in [1.82, 2.24) is 14.7 Å². The van der Waals surface area contributed by atoms with Crippen LogP contribution in [0.1, 0.15) is 12.5 Å². The monoisotopic (exact) mass is 319 g/mol. The molecule has 0 bridgehead atoms. The van der Waals surface area contributed by atoms with Gasteiger partial charge in [-0.2, -0.15) is 0 Å². The summed E-state index contributed by atoms with van der Waals surface area (Å²) in [6, 6.07) is 7.54. The number of benzene rings is 1. The summed E-state index contributed by atoms with van der Waals surface area (Å²) in [5.74, 6) is 0.696. The van der Waals surface area contributed by atoms with Crippen molar-refractivity contribution in [3.05, 3.63) is 29.8 Å². The maximum absolute atomic E-state index is 12.4. The van der Waals surface area contributed by atoms with E-state index < -0.39 is 0 Å². The van der Waals surface area contributed by atoms with Crippen molar-refractivity contribution in [1.29, 1.82) is 0 Å². The average Bonchev–Trinajstić information content (AvgIpc) is 2.55. The molecule has 126 valence electrons. The van der Waals surface area contributed by atoms with Gasteiger partial charge in [0, 0.05) is 39.6 Å². The molecule has 2 amide bonds. The number of carbonyl (C=O) groups excluding carboxylic acids is 2. The van der Waals surface area contributed by atoms with Crippen LogP contribution in [0.4, 0.5) is 0 Å². The number of rotatable bonds is 5. The normalized spacial score (nSPS) is 15.3. The molecule has 0 saturated carbocycles. The van der Waals surface area contributed by atoms with Crippen molar-refractivity contribution >= 4 is 11.8 Å². The lowest BCUT2D eigenvalue weighted by atomic mass is 10.2. The molecule has 0 spiro atoms. The first-order valence-electron chi connectivity index (χ1n) is 7.84. The molecular formula is C17H25N3O3. The molecule has 0 aliphatic carbocycles. The quantitative estimate of drug-likeness (QED) is 0.806. The largest absolute Gasteiger partial charge is 0.497 e. The van der Waals surface area contributed by atoms with Gasteiger partial charge in [-0.25, -0.2) is 0 Å². The summed E-state index contributed by atoms with van der Waals surface area (Å²) in [5, 5.41) is 0. The minimum absolute atomic E-state index is 0.0156. The fourth-order valence-electron chi connectivity index (χ4n) is 2.55. The molecule has 1 heterocycles. The van der Waals surface area contributed by atoms with Gasteiger partial charge >= 0.3 is 0 Å². The van der Waals surface area contributed by atoms with E-state index in [-0.39, 0.29) is 18.4 Å². The smallest absolute Gasteiger partial charge is 0.242 e. The van der Waals surface area contributed by atoms with Gasteiger partial charge in [0.2, 0.25) is 11.8 Å². The molecule has 1 aromatic carbocycles. The maximum atomic E-state index is 12.4. The summed E-state index contributed by atoms with van der Waals surface area (Å²) in [5.41, 5.74) is 0.979. The molecule has 0 aromatic heterocycles. The van der Waals surface area contributed by atoms with Gasteiger partial charge in [0.15, 0.2) is 0 Å². The minimum Gasteiger partial charge on any atom is -0.497 e. The third-order valence-electron chi connectivity index (χ3n) is 4.16. The number of amides is 2. The first kappa shape index (κ1) is 17.3. The third kappa shape index (κ3) is 4.96. The predicted octanol–water partition coefficient (Wildman–Crippen LogP) is 0.818. The van der Waals surface area contributed by atoms with E-state index >= 15 is 0 Å². The van der Waals surface area contributed by atoms with E-state index in [1.54, 1.807) is 12.0 Å². The van der Waals surface area contributed by atoms with Gasteiger partial charge in [0.1, 0.15) is 12.3 Å². The lowest BCUT2D eigenvalue weighted by Gasteiger charge is -2.33. The fraction of sp³-hybridized carbons (Fsp3) is 0.529. The summed E-state index contributed by atoms with van der Waals surface area (Å²) in [7, 11) is 3.67. The average molecular weight is 319 g/mol. The van der Waals surface area contributed by atoms with Crippen molar-refractivity contribution in [2.24, 2.45) is 0 Å². The Balaban J connectivity index is 1.95. The van der Waals surface area contributed by atoms with Gasteiger partial charge < -0.3 is 19.4 Å². The number of piperazine rings is 1. The molecule has 2 rings (SSSR count). The molecule has 1 aliphatic heterocycles. The van der Waals surface area contributed by atoms with Crippen LogP contribution in [-0.4, -0.2) is 73.4 Å². The van der Waals surface area contributed by atoms with Crippen molar-refractivity contribution in [2.75, 3.05) is 46.9 Å². The van der Waals surface area contributed by atoms with E-state index in [9.17, 15) is 9.59 Å². The number of hydrogen-bond donors (Lipinski definition) is 0. The lowest BCUT2D eigenvalue weighted by Crippen LogP contribution is -2.50. The van der Waals surface area contributed by atoms with Gasteiger partial charge in [-0.3, -0.25) is 9.59 Å². The first-order valence-corrected chi connectivity index (χ1v) is 7.84. The first-order chi connectivity index (χ1) is 11.0. The van der Waals surface area contributed by atoms with Crippen LogP contribution in [0, 0.1) is 0 Å². The number of hydrogen-bond acceptors (Lipinski definition) is 4. The van der Waals surface area contributed by atoms with Crippen LogP contribution in [0.3, 0.4) is 0 Å². The highest BCUT2D eigenvalue weighted by Crippen LogP contribution is 2.13. The molecule has 1 fully saturated rings. The highest BCUT2D eigenvalue weighted by Gasteiger charge is 2.22. The van der Waals surface area contributed by atoms with Crippen LogP contribution in [-0.2, 0) is 16.1 Å². The van der Waals surface area contributed by atoms with Crippen LogP contribution in [0.2, 0.25) is 0 Å². The molecule has 6 nitrogen and oxygen atoms in total. The summed E-state index contributed by atoms with van der Waals surface area (Å²) >= 11 is 0. The van der Waals surface area contributed by atoms with E-state index in [4.69, 9.17) is 4.74 Å². The van der Waals surface area contributed by atoms with Crippen molar-refractivity contribution < 1.29 is 14.3 Å².